The number of ether oxygens (including phenoxy) is 1. The number of nitrogens with zero attached hydrogens (tertiary/aromatic N) is 1. The maximum atomic E-state index is 12.9. The molecule has 0 spiro atoms. The number of fused-ring (bicyclic) bond motifs is 1. The molecule has 5 nitrogen and oxygen atoms in total. The number of hydrogen-bond donors (Lipinski definition) is 1. The Morgan fingerprint density at radius 2 is 2.00 bits per heavy atom. The van der Waals surface area contributed by atoms with Crippen molar-refractivity contribution in [3.8, 4) is 0 Å². The highest BCUT2D eigenvalue weighted by molar-refractivity contribution is 6.13. The lowest BCUT2D eigenvalue weighted by Crippen LogP contribution is -2.28. The maximum absolute atomic E-state index is 12.9. The number of carbonyl (C=O) groups excluding carboxylic acids is 2. The Morgan fingerprint density at radius 1 is 1.25 bits per heavy atom. The van der Waals surface area contributed by atoms with Crippen LogP contribution in [0.5, 0.6) is 0 Å². The molecule has 124 valence electrons. The Labute approximate surface area is 139 Å². The molecule has 0 atom stereocenters. The van der Waals surface area contributed by atoms with Crippen molar-refractivity contribution >= 4 is 17.5 Å². The summed E-state index contributed by atoms with van der Waals surface area (Å²) in [7, 11) is 1.58. The van der Waals surface area contributed by atoms with Crippen LogP contribution in [-0.4, -0.2) is 37.0 Å². The molecular formula is C18H17FN2O3. The molecule has 24 heavy (non-hydrogen) atoms. The number of anilines is 1. The first kappa shape index (κ1) is 16.1. The van der Waals surface area contributed by atoms with E-state index in [1.807, 2.05) is 6.07 Å². The predicted octanol–water partition coefficient (Wildman–Crippen LogP) is 2.68. The summed E-state index contributed by atoms with van der Waals surface area (Å²) in [5.74, 6) is -0.940. The molecule has 0 saturated carbocycles. The van der Waals surface area contributed by atoms with E-state index in [1.165, 1.54) is 24.3 Å². The summed E-state index contributed by atoms with van der Waals surface area (Å²) in [5.41, 5.74) is 2.04. The van der Waals surface area contributed by atoms with Gasteiger partial charge in [0.1, 0.15) is 5.82 Å². The van der Waals surface area contributed by atoms with Gasteiger partial charge in [0.25, 0.3) is 11.8 Å². The van der Waals surface area contributed by atoms with Crippen molar-refractivity contribution in [2.45, 2.75) is 6.54 Å². The van der Waals surface area contributed by atoms with Crippen molar-refractivity contribution in [2.75, 3.05) is 25.6 Å². The van der Waals surface area contributed by atoms with Gasteiger partial charge in [-0.05, 0) is 35.9 Å². The van der Waals surface area contributed by atoms with Gasteiger partial charge in [-0.1, -0.05) is 12.1 Å². The second kappa shape index (κ2) is 6.80. The fraction of sp³-hybridized carbons (Fsp3) is 0.222. The lowest BCUT2D eigenvalue weighted by Gasteiger charge is -2.14. The summed E-state index contributed by atoms with van der Waals surface area (Å²) in [6, 6.07) is 10.7. The number of hydrogen-bond acceptors (Lipinski definition) is 3. The van der Waals surface area contributed by atoms with Gasteiger partial charge in [-0.15, -0.1) is 0 Å². The highest BCUT2D eigenvalue weighted by Gasteiger charge is 2.31. The van der Waals surface area contributed by atoms with Crippen LogP contribution in [-0.2, 0) is 11.3 Å². The molecule has 2 aromatic carbocycles. The highest BCUT2D eigenvalue weighted by Crippen LogP contribution is 2.26. The SMILES string of the molecule is COCCN1Cc2cccc(C(=O)Nc3ccc(F)cc3)c2C1=O. The average molecular weight is 328 g/mol. The third kappa shape index (κ3) is 3.14. The zero-order chi connectivity index (χ0) is 17.1. The Balaban J connectivity index is 1.83. The Kier molecular flexibility index (Phi) is 4.57. The maximum Gasteiger partial charge on any atom is 0.256 e. The third-order valence-corrected chi connectivity index (χ3v) is 3.93. The minimum Gasteiger partial charge on any atom is -0.383 e. The number of methoxy groups -OCH3 is 1. The number of halogens is 1. The molecule has 0 saturated heterocycles. The molecule has 1 N–H and O–H groups in total. The van der Waals surface area contributed by atoms with Gasteiger partial charge >= 0.3 is 0 Å². The van der Waals surface area contributed by atoms with Crippen LogP contribution in [0.4, 0.5) is 10.1 Å². The Bertz CT molecular complexity index is 774. The molecule has 0 aromatic heterocycles. The minimum atomic E-state index is -0.389. The van der Waals surface area contributed by atoms with E-state index in [2.05, 4.69) is 5.32 Å². The molecule has 0 bridgehead atoms. The third-order valence-electron chi connectivity index (χ3n) is 3.93. The van der Waals surface area contributed by atoms with Gasteiger partial charge in [-0.2, -0.15) is 0 Å². The normalized spacial score (nSPS) is 13.1. The largest absolute Gasteiger partial charge is 0.383 e. The van der Waals surface area contributed by atoms with Crippen molar-refractivity contribution in [3.05, 3.63) is 65.0 Å². The average Bonchev–Trinajstić information content (AvgIpc) is 2.91. The van der Waals surface area contributed by atoms with Gasteiger partial charge in [0.15, 0.2) is 0 Å². The first-order valence-corrected chi connectivity index (χ1v) is 7.57. The van der Waals surface area contributed by atoms with Crippen LogP contribution in [0.1, 0.15) is 26.3 Å². The molecule has 0 unspecified atom stereocenters. The van der Waals surface area contributed by atoms with E-state index in [0.717, 1.165) is 5.56 Å². The van der Waals surface area contributed by atoms with Crippen molar-refractivity contribution < 1.29 is 18.7 Å². The summed E-state index contributed by atoms with van der Waals surface area (Å²) >= 11 is 0. The van der Waals surface area contributed by atoms with Crippen LogP contribution in [0.15, 0.2) is 42.5 Å². The fourth-order valence-electron chi connectivity index (χ4n) is 2.72. The molecule has 6 heteroatoms. The second-order valence-corrected chi connectivity index (χ2v) is 5.52. The second-order valence-electron chi connectivity index (χ2n) is 5.52. The summed E-state index contributed by atoms with van der Waals surface area (Å²) in [5, 5.41) is 2.69. The topological polar surface area (TPSA) is 58.6 Å². The molecule has 1 heterocycles. The summed E-state index contributed by atoms with van der Waals surface area (Å²) in [6.45, 7) is 1.38. The van der Waals surface area contributed by atoms with Gasteiger partial charge in [0.05, 0.1) is 17.7 Å². The van der Waals surface area contributed by atoms with Crippen LogP contribution >= 0.6 is 0 Å². The van der Waals surface area contributed by atoms with E-state index in [0.29, 0.717) is 36.5 Å². The number of carbonyl (C=O) groups is 2. The van der Waals surface area contributed by atoms with E-state index in [4.69, 9.17) is 4.74 Å². The van der Waals surface area contributed by atoms with Crippen molar-refractivity contribution in [3.63, 3.8) is 0 Å². The van der Waals surface area contributed by atoms with Crippen LogP contribution in [0.2, 0.25) is 0 Å². The summed E-state index contributed by atoms with van der Waals surface area (Å²) in [4.78, 5) is 26.7. The Morgan fingerprint density at radius 3 is 2.71 bits per heavy atom. The first-order chi connectivity index (χ1) is 11.6. The van der Waals surface area contributed by atoms with E-state index < -0.39 is 0 Å². The van der Waals surface area contributed by atoms with E-state index in [1.54, 1.807) is 24.1 Å². The monoisotopic (exact) mass is 328 g/mol. The van der Waals surface area contributed by atoms with Crippen LogP contribution in [0, 0.1) is 5.82 Å². The van der Waals surface area contributed by atoms with Crippen LogP contribution in [0.3, 0.4) is 0 Å². The predicted molar refractivity (Wildman–Crippen MR) is 87.4 cm³/mol. The van der Waals surface area contributed by atoms with Crippen LogP contribution < -0.4 is 5.32 Å². The molecule has 1 aliphatic heterocycles. The fourth-order valence-corrected chi connectivity index (χ4v) is 2.72. The van der Waals surface area contributed by atoms with Gasteiger partial charge in [-0.3, -0.25) is 9.59 Å². The van der Waals surface area contributed by atoms with Crippen molar-refractivity contribution in [2.24, 2.45) is 0 Å². The summed E-state index contributed by atoms with van der Waals surface area (Å²) in [6.07, 6.45) is 0. The zero-order valence-electron chi connectivity index (χ0n) is 13.2. The number of amides is 2. The minimum absolute atomic E-state index is 0.174. The number of rotatable bonds is 5. The first-order valence-electron chi connectivity index (χ1n) is 7.57. The highest BCUT2D eigenvalue weighted by atomic mass is 19.1. The van der Waals surface area contributed by atoms with Gasteiger partial charge in [0, 0.05) is 25.9 Å². The molecule has 0 aliphatic carbocycles. The molecule has 1 aliphatic rings. The lowest BCUT2D eigenvalue weighted by atomic mass is 10.0. The number of nitrogens with one attached hydrogen (secondary N) is 1. The molecule has 0 fully saturated rings. The van der Waals surface area contributed by atoms with Crippen molar-refractivity contribution in [1.82, 2.24) is 4.90 Å². The summed E-state index contributed by atoms with van der Waals surface area (Å²) < 4.78 is 18.0. The van der Waals surface area contributed by atoms with Crippen LogP contribution in [0.25, 0.3) is 0 Å². The molecule has 0 radical (unpaired) electrons. The van der Waals surface area contributed by atoms with Gasteiger partial charge < -0.3 is 15.0 Å². The Hall–Kier alpha value is -2.73. The standard InChI is InChI=1S/C18H17FN2O3/c1-24-10-9-21-11-12-3-2-4-15(16(12)18(21)23)17(22)20-14-7-5-13(19)6-8-14/h2-8H,9-11H2,1H3,(H,20,22). The lowest BCUT2D eigenvalue weighted by molar-refractivity contribution is 0.0716. The quantitative estimate of drug-likeness (QED) is 0.918. The van der Waals surface area contributed by atoms with E-state index in [-0.39, 0.29) is 17.6 Å². The molecule has 2 aromatic rings. The van der Waals surface area contributed by atoms with E-state index >= 15 is 0 Å². The van der Waals surface area contributed by atoms with E-state index in [9.17, 15) is 14.0 Å². The number of benzene rings is 2. The van der Waals surface area contributed by atoms with Gasteiger partial charge in [-0.25, -0.2) is 4.39 Å². The molecular weight excluding hydrogens is 311 g/mol. The molecule has 2 amide bonds. The van der Waals surface area contributed by atoms with Gasteiger partial charge in [0.2, 0.25) is 0 Å². The zero-order valence-corrected chi connectivity index (χ0v) is 13.2. The van der Waals surface area contributed by atoms with Crippen molar-refractivity contribution in [1.29, 1.82) is 0 Å². The molecule has 3 rings (SSSR count). The smallest absolute Gasteiger partial charge is 0.256 e.